The first-order valence-corrected chi connectivity index (χ1v) is 7.23. The fraction of sp³-hybridized carbons (Fsp3) is 0.688. The van der Waals surface area contributed by atoms with Crippen molar-refractivity contribution in [2.75, 3.05) is 27.8 Å². The summed E-state index contributed by atoms with van der Waals surface area (Å²) in [6.07, 6.45) is 3.88. The van der Waals surface area contributed by atoms with Gasteiger partial charge in [-0.25, -0.2) is 0 Å². The second-order valence-electron chi connectivity index (χ2n) is 4.77. The van der Waals surface area contributed by atoms with E-state index < -0.39 is 0 Å². The number of carbonyl (C=O) groups excluding carboxylic acids is 1. The number of methoxy groups -OCH3 is 2. The van der Waals surface area contributed by atoms with Crippen molar-refractivity contribution in [3.63, 3.8) is 0 Å². The van der Waals surface area contributed by atoms with E-state index >= 15 is 0 Å². The minimum atomic E-state index is -0.282. The van der Waals surface area contributed by atoms with Crippen molar-refractivity contribution >= 4 is 5.97 Å². The molecular formula is C16H28O6. The summed E-state index contributed by atoms with van der Waals surface area (Å²) >= 11 is 0. The molecule has 0 bridgehead atoms. The molecule has 0 saturated carbocycles. The van der Waals surface area contributed by atoms with Gasteiger partial charge in [0, 0.05) is 27.1 Å². The Hall–Kier alpha value is -1.21. The van der Waals surface area contributed by atoms with Crippen molar-refractivity contribution in [3.8, 4) is 0 Å². The molecule has 3 atom stereocenters. The van der Waals surface area contributed by atoms with Crippen molar-refractivity contribution in [3.05, 3.63) is 25.3 Å². The Kier molecular flexibility index (Phi) is 12.7. The van der Waals surface area contributed by atoms with E-state index in [9.17, 15) is 4.79 Å². The fourth-order valence-corrected chi connectivity index (χ4v) is 1.73. The highest BCUT2D eigenvalue weighted by Crippen LogP contribution is 2.11. The Bertz CT molecular complexity index is 318. The number of ether oxygens (including phenoxy) is 5. The zero-order chi connectivity index (χ0) is 16.8. The molecule has 128 valence electrons. The van der Waals surface area contributed by atoms with Crippen molar-refractivity contribution in [2.45, 2.75) is 44.5 Å². The number of rotatable bonds is 14. The molecule has 0 aromatic heterocycles. The van der Waals surface area contributed by atoms with Gasteiger partial charge in [-0.05, 0) is 13.3 Å². The number of hydrogen-bond donors (Lipinski definition) is 0. The van der Waals surface area contributed by atoms with E-state index in [0.717, 1.165) is 0 Å². The van der Waals surface area contributed by atoms with E-state index in [1.807, 2.05) is 6.92 Å². The van der Waals surface area contributed by atoms with Crippen LogP contribution in [0.25, 0.3) is 0 Å². The number of hydrogen-bond acceptors (Lipinski definition) is 6. The van der Waals surface area contributed by atoms with E-state index in [4.69, 9.17) is 23.7 Å². The molecule has 0 fully saturated rings. The molecule has 0 N–H and O–H groups in total. The summed E-state index contributed by atoms with van der Waals surface area (Å²) in [6.45, 7) is 9.50. The fourth-order valence-electron chi connectivity index (χ4n) is 1.73. The predicted molar refractivity (Wildman–Crippen MR) is 83.3 cm³/mol. The van der Waals surface area contributed by atoms with Crippen LogP contribution in [0, 0.1) is 0 Å². The lowest BCUT2D eigenvalue weighted by Crippen LogP contribution is -2.23. The second kappa shape index (κ2) is 13.5. The van der Waals surface area contributed by atoms with Gasteiger partial charge in [-0.2, -0.15) is 0 Å². The van der Waals surface area contributed by atoms with Gasteiger partial charge in [-0.15, -0.1) is 13.2 Å². The molecule has 0 amide bonds. The summed E-state index contributed by atoms with van der Waals surface area (Å²) in [5.41, 5.74) is 0. The summed E-state index contributed by atoms with van der Waals surface area (Å²) in [5, 5.41) is 0. The van der Waals surface area contributed by atoms with Crippen LogP contribution < -0.4 is 0 Å². The first-order chi connectivity index (χ1) is 10.6. The van der Waals surface area contributed by atoms with Crippen LogP contribution in [-0.2, 0) is 28.5 Å². The third-order valence-corrected chi connectivity index (χ3v) is 2.86. The molecular weight excluding hydrogens is 288 g/mol. The highest BCUT2D eigenvalue weighted by molar-refractivity contribution is 5.69. The Morgan fingerprint density at radius 3 is 2.09 bits per heavy atom. The topological polar surface area (TPSA) is 63.2 Å². The predicted octanol–water partition coefficient (Wildman–Crippen LogP) is 2.44. The van der Waals surface area contributed by atoms with Crippen LogP contribution in [0.3, 0.4) is 0 Å². The maximum absolute atomic E-state index is 11.8. The second-order valence-corrected chi connectivity index (χ2v) is 4.77. The smallest absolute Gasteiger partial charge is 0.306 e. The van der Waals surface area contributed by atoms with Crippen LogP contribution in [0.15, 0.2) is 25.3 Å². The lowest BCUT2D eigenvalue weighted by atomic mass is 10.1. The third kappa shape index (κ3) is 10.5. The SMILES string of the molecule is C=CC(CCC(=O)O[C@H](C)C[C@@H](C=C)OCOC)OCOC. The van der Waals surface area contributed by atoms with Crippen LogP contribution in [0.4, 0.5) is 0 Å². The molecule has 0 aliphatic rings. The zero-order valence-corrected chi connectivity index (χ0v) is 13.8. The average Bonchev–Trinajstić information content (AvgIpc) is 2.51. The van der Waals surface area contributed by atoms with Gasteiger partial charge in [0.05, 0.1) is 12.2 Å². The Labute approximate surface area is 133 Å². The highest BCUT2D eigenvalue weighted by Gasteiger charge is 2.16. The zero-order valence-electron chi connectivity index (χ0n) is 13.8. The van der Waals surface area contributed by atoms with Crippen LogP contribution in [0.1, 0.15) is 26.2 Å². The molecule has 0 heterocycles. The molecule has 6 heteroatoms. The van der Waals surface area contributed by atoms with Gasteiger partial charge < -0.3 is 23.7 Å². The maximum Gasteiger partial charge on any atom is 0.306 e. The van der Waals surface area contributed by atoms with Crippen LogP contribution in [0.5, 0.6) is 0 Å². The third-order valence-electron chi connectivity index (χ3n) is 2.86. The maximum atomic E-state index is 11.8. The molecule has 0 aliphatic heterocycles. The average molecular weight is 316 g/mol. The minimum absolute atomic E-state index is 0.167. The van der Waals surface area contributed by atoms with E-state index in [-0.39, 0.29) is 44.3 Å². The standard InChI is InChI=1S/C16H28O6/c1-6-14(20-11-18-4)8-9-16(17)22-13(3)10-15(7-2)21-12-19-5/h6-7,13-15H,1-2,8-12H2,3-5H3/t13-,14?,15-/m1/s1. The van der Waals surface area contributed by atoms with Crippen molar-refractivity contribution < 1.29 is 28.5 Å². The molecule has 6 nitrogen and oxygen atoms in total. The lowest BCUT2D eigenvalue weighted by molar-refractivity contribution is -0.151. The normalized spacial score (nSPS) is 14.9. The van der Waals surface area contributed by atoms with E-state index in [0.29, 0.717) is 12.8 Å². The van der Waals surface area contributed by atoms with Crippen LogP contribution in [0.2, 0.25) is 0 Å². The van der Waals surface area contributed by atoms with Crippen LogP contribution in [-0.4, -0.2) is 52.1 Å². The summed E-state index contributed by atoms with van der Waals surface area (Å²) in [5.74, 6) is -0.282. The van der Waals surface area contributed by atoms with Gasteiger partial charge in [0.25, 0.3) is 0 Å². The molecule has 0 spiro atoms. The quantitative estimate of drug-likeness (QED) is 0.279. The Balaban J connectivity index is 4.02. The Morgan fingerprint density at radius 2 is 1.59 bits per heavy atom. The number of esters is 1. The van der Waals surface area contributed by atoms with E-state index in [1.54, 1.807) is 19.3 Å². The van der Waals surface area contributed by atoms with Crippen molar-refractivity contribution in [2.24, 2.45) is 0 Å². The molecule has 0 radical (unpaired) electrons. The first-order valence-electron chi connectivity index (χ1n) is 7.23. The van der Waals surface area contributed by atoms with Gasteiger partial charge in [0.15, 0.2) is 0 Å². The molecule has 0 aliphatic carbocycles. The lowest BCUT2D eigenvalue weighted by Gasteiger charge is -2.19. The van der Waals surface area contributed by atoms with Gasteiger partial charge in [-0.1, -0.05) is 12.2 Å². The first kappa shape index (κ1) is 20.8. The van der Waals surface area contributed by atoms with Crippen molar-refractivity contribution in [1.29, 1.82) is 0 Å². The summed E-state index contributed by atoms with van der Waals surface area (Å²) < 4.78 is 25.7. The van der Waals surface area contributed by atoms with Crippen molar-refractivity contribution in [1.82, 2.24) is 0 Å². The molecule has 22 heavy (non-hydrogen) atoms. The molecule has 0 aromatic rings. The van der Waals surface area contributed by atoms with Crippen LogP contribution >= 0.6 is 0 Å². The van der Waals surface area contributed by atoms with Gasteiger partial charge >= 0.3 is 5.97 Å². The summed E-state index contributed by atoms with van der Waals surface area (Å²) in [6, 6.07) is 0. The largest absolute Gasteiger partial charge is 0.463 e. The summed E-state index contributed by atoms with van der Waals surface area (Å²) in [4.78, 5) is 11.8. The van der Waals surface area contributed by atoms with E-state index in [1.165, 1.54) is 7.11 Å². The van der Waals surface area contributed by atoms with Gasteiger partial charge in [-0.3, -0.25) is 4.79 Å². The molecule has 0 saturated heterocycles. The van der Waals surface area contributed by atoms with Gasteiger partial charge in [0.1, 0.15) is 19.7 Å². The van der Waals surface area contributed by atoms with E-state index in [2.05, 4.69) is 13.2 Å². The summed E-state index contributed by atoms with van der Waals surface area (Å²) in [7, 11) is 3.09. The molecule has 0 rings (SSSR count). The Morgan fingerprint density at radius 1 is 1.05 bits per heavy atom. The minimum Gasteiger partial charge on any atom is -0.463 e. The highest BCUT2D eigenvalue weighted by atomic mass is 16.7. The monoisotopic (exact) mass is 316 g/mol. The molecule has 0 aromatic carbocycles. The van der Waals surface area contributed by atoms with Gasteiger partial charge in [0.2, 0.25) is 0 Å². The molecule has 1 unspecified atom stereocenters. The number of carbonyl (C=O) groups is 1.